The molecule has 1 aromatic heterocycles. The van der Waals surface area contributed by atoms with Gasteiger partial charge in [-0.2, -0.15) is 0 Å². The highest BCUT2D eigenvalue weighted by atomic mass is 32.1. The molecule has 1 aromatic rings. The molecule has 0 saturated heterocycles. The second kappa shape index (κ2) is 7.68. The Labute approximate surface area is 113 Å². The van der Waals surface area contributed by atoms with Gasteiger partial charge in [-0.1, -0.05) is 0 Å². The molecule has 1 unspecified atom stereocenters. The summed E-state index contributed by atoms with van der Waals surface area (Å²) in [5.41, 5.74) is 6.69. The monoisotopic (exact) mass is 273 g/mol. The van der Waals surface area contributed by atoms with Crippen LogP contribution in [-0.4, -0.2) is 38.4 Å². The van der Waals surface area contributed by atoms with Crippen LogP contribution >= 0.6 is 11.3 Å². The van der Waals surface area contributed by atoms with Gasteiger partial charge in [0.1, 0.15) is 0 Å². The highest BCUT2D eigenvalue weighted by molar-refractivity contribution is 7.15. The lowest BCUT2D eigenvalue weighted by atomic mass is 10.3. The van der Waals surface area contributed by atoms with Crippen molar-refractivity contribution < 1.29 is 9.47 Å². The number of hydrogen-bond acceptors (Lipinski definition) is 6. The van der Waals surface area contributed by atoms with Crippen LogP contribution in [0.4, 0.5) is 5.13 Å². The minimum absolute atomic E-state index is 0.298. The third kappa shape index (κ3) is 3.65. The van der Waals surface area contributed by atoms with Crippen molar-refractivity contribution in [2.24, 2.45) is 5.73 Å². The molecule has 6 heteroatoms. The third-order valence-corrected chi connectivity index (χ3v) is 3.92. The molecule has 0 saturated carbocycles. The maximum Gasteiger partial charge on any atom is 0.186 e. The predicted octanol–water partition coefficient (Wildman–Crippen LogP) is 1.61. The van der Waals surface area contributed by atoms with Crippen LogP contribution in [0.25, 0.3) is 0 Å². The molecule has 0 radical (unpaired) electrons. The largest absolute Gasteiger partial charge is 0.383 e. The van der Waals surface area contributed by atoms with E-state index in [9.17, 15) is 0 Å². The van der Waals surface area contributed by atoms with Gasteiger partial charge in [-0.15, -0.1) is 11.3 Å². The van der Waals surface area contributed by atoms with E-state index in [1.165, 1.54) is 0 Å². The van der Waals surface area contributed by atoms with E-state index in [2.05, 4.69) is 23.7 Å². The van der Waals surface area contributed by atoms with Gasteiger partial charge >= 0.3 is 0 Å². The number of likely N-dealkylation sites (N-methyl/N-ethyl adjacent to an activating group) is 1. The number of nitrogens with zero attached hydrogens (tertiary/aromatic N) is 2. The Morgan fingerprint density at radius 3 is 2.61 bits per heavy atom. The van der Waals surface area contributed by atoms with Crippen molar-refractivity contribution in [1.82, 2.24) is 4.98 Å². The van der Waals surface area contributed by atoms with Gasteiger partial charge in [-0.05, 0) is 13.8 Å². The Kier molecular flexibility index (Phi) is 6.56. The van der Waals surface area contributed by atoms with E-state index in [0.717, 1.165) is 22.2 Å². The minimum Gasteiger partial charge on any atom is -0.383 e. The standard InChI is InChI=1S/C12H23N3O2S/c1-5-15(9(2)7-16-3)12-14-10(8-17-4)11(6-13)18-12/h9H,5-8,13H2,1-4H3. The first kappa shape index (κ1) is 15.4. The molecular formula is C12H23N3O2S. The molecular weight excluding hydrogens is 250 g/mol. The Morgan fingerprint density at radius 1 is 1.39 bits per heavy atom. The Bertz CT molecular complexity index is 357. The zero-order valence-corrected chi connectivity index (χ0v) is 12.4. The first-order valence-electron chi connectivity index (χ1n) is 6.11. The molecule has 1 heterocycles. The summed E-state index contributed by atoms with van der Waals surface area (Å²) in [6.45, 7) is 6.85. The summed E-state index contributed by atoms with van der Waals surface area (Å²) in [6, 6.07) is 0.298. The van der Waals surface area contributed by atoms with Crippen molar-refractivity contribution in [2.45, 2.75) is 33.0 Å². The van der Waals surface area contributed by atoms with Crippen LogP contribution < -0.4 is 10.6 Å². The number of thiazole rings is 1. The molecule has 0 spiro atoms. The fourth-order valence-corrected chi connectivity index (χ4v) is 2.98. The lowest BCUT2D eigenvalue weighted by Crippen LogP contribution is -2.36. The fraction of sp³-hybridized carbons (Fsp3) is 0.750. The average Bonchev–Trinajstić information content (AvgIpc) is 2.74. The summed E-state index contributed by atoms with van der Waals surface area (Å²) in [7, 11) is 3.39. The third-order valence-electron chi connectivity index (χ3n) is 2.76. The van der Waals surface area contributed by atoms with Crippen molar-refractivity contribution in [3.05, 3.63) is 10.6 Å². The van der Waals surface area contributed by atoms with Crippen molar-refractivity contribution in [2.75, 3.05) is 32.3 Å². The van der Waals surface area contributed by atoms with Crippen LogP contribution in [0, 0.1) is 0 Å². The van der Waals surface area contributed by atoms with Crippen molar-refractivity contribution in [3.63, 3.8) is 0 Å². The normalized spacial score (nSPS) is 12.7. The number of anilines is 1. The maximum atomic E-state index is 5.74. The van der Waals surface area contributed by atoms with Crippen LogP contribution in [0.3, 0.4) is 0 Å². The molecule has 0 amide bonds. The summed E-state index contributed by atoms with van der Waals surface area (Å²) >= 11 is 1.64. The van der Waals surface area contributed by atoms with Crippen LogP contribution in [-0.2, 0) is 22.6 Å². The number of rotatable bonds is 8. The Balaban J connectivity index is 2.91. The van der Waals surface area contributed by atoms with Crippen LogP contribution in [0.5, 0.6) is 0 Å². The molecule has 1 atom stereocenters. The lowest BCUT2D eigenvalue weighted by Gasteiger charge is -2.26. The molecule has 5 nitrogen and oxygen atoms in total. The molecule has 104 valence electrons. The van der Waals surface area contributed by atoms with Crippen molar-refractivity contribution >= 4 is 16.5 Å². The lowest BCUT2D eigenvalue weighted by molar-refractivity contribution is 0.180. The Hall–Kier alpha value is -0.690. The molecule has 0 aliphatic carbocycles. The number of ether oxygens (including phenoxy) is 2. The van der Waals surface area contributed by atoms with Gasteiger partial charge < -0.3 is 20.1 Å². The van der Waals surface area contributed by atoms with Crippen LogP contribution in [0.2, 0.25) is 0 Å². The first-order valence-corrected chi connectivity index (χ1v) is 6.92. The number of nitrogens with two attached hydrogens (primary N) is 1. The molecule has 0 aliphatic rings. The molecule has 18 heavy (non-hydrogen) atoms. The number of aromatic nitrogens is 1. The quantitative estimate of drug-likeness (QED) is 0.779. The first-order chi connectivity index (χ1) is 8.67. The highest BCUT2D eigenvalue weighted by Crippen LogP contribution is 2.28. The van der Waals surface area contributed by atoms with Gasteiger partial charge in [-0.25, -0.2) is 4.98 Å². The minimum atomic E-state index is 0.298. The fourth-order valence-electron chi connectivity index (χ4n) is 1.87. The Morgan fingerprint density at radius 2 is 2.11 bits per heavy atom. The van der Waals surface area contributed by atoms with E-state index in [1.807, 2.05) is 0 Å². The second-order valence-corrected chi connectivity index (χ2v) is 5.16. The van der Waals surface area contributed by atoms with E-state index >= 15 is 0 Å². The van der Waals surface area contributed by atoms with Crippen molar-refractivity contribution in [3.8, 4) is 0 Å². The smallest absolute Gasteiger partial charge is 0.186 e. The summed E-state index contributed by atoms with van der Waals surface area (Å²) in [5, 5.41) is 0.995. The SMILES string of the molecule is CCN(c1nc(COC)c(CN)s1)C(C)COC. The molecule has 0 aromatic carbocycles. The maximum absolute atomic E-state index is 5.74. The van der Waals surface area contributed by atoms with Crippen molar-refractivity contribution in [1.29, 1.82) is 0 Å². The van der Waals surface area contributed by atoms with Crippen LogP contribution in [0.15, 0.2) is 0 Å². The van der Waals surface area contributed by atoms with Crippen LogP contribution in [0.1, 0.15) is 24.4 Å². The molecule has 0 fully saturated rings. The summed E-state index contributed by atoms with van der Waals surface area (Å²) in [4.78, 5) is 7.95. The van der Waals surface area contributed by atoms with Gasteiger partial charge in [0.05, 0.1) is 24.9 Å². The summed E-state index contributed by atoms with van der Waals surface area (Å²) in [6.07, 6.45) is 0. The van der Waals surface area contributed by atoms with E-state index in [1.54, 1.807) is 25.6 Å². The molecule has 0 aliphatic heterocycles. The van der Waals surface area contributed by atoms with E-state index in [4.69, 9.17) is 15.2 Å². The van der Waals surface area contributed by atoms with Gasteiger partial charge in [0.2, 0.25) is 0 Å². The molecule has 0 bridgehead atoms. The molecule has 1 rings (SSSR count). The predicted molar refractivity (Wildman–Crippen MR) is 75.1 cm³/mol. The van der Waals surface area contributed by atoms with Gasteiger partial charge in [0.15, 0.2) is 5.13 Å². The summed E-state index contributed by atoms with van der Waals surface area (Å²) in [5.74, 6) is 0. The van der Waals surface area contributed by atoms with E-state index in [-0.39, 0.29) is 0 Å². The average molecular weight is 273 g/mol. The van der Waals surface area contributed by atoms with Gasteiger partial charge in [0, 0.05) is 32.2 Å². The second-order valence-electron chi connectivity index (χ2n) is 4.09. The van der Waals surface area contributed by atoms with E-state index in [0.29, 0.717) is 25.8 Å². The highest BCUT2D eigenvalue weighted by Gasteiger charge is 2.18. The van der Waals surface area contributed by atoms with E-state index < -0.39 is 0 Å². The van der Waals surface area contributed by atoms with Gasteiger partial charge in [0.25, 0.3) is 0 Å². The molecule has 2 N–H and O–H groups in total. The number of methoxy groups -OCH3 is 2. The van der Waals surface area contributed by atoms with Gasteiger partial charge in [-0.3, -0.25) is 0 Å². The zero-order chi connectivity index (χ0) is 13.5. The number of hydrogen-bond donors (Lipinski definition) is 1. The summed E-state index contributed by atoms with van der Waals surface area (Å²) < 4.78 is 10.4. The topological polar surface area (TPSA) is 60.6 Å². The zero-order valence-electron chi connectivity index (χ0n) is 11.6.